The summed E-state index contributed by atoms with van der Waals surface area (Å²) in [4.78, 5) is 0. The van der Waals surface area contributed by atoms with Gasteiger partial charge in [0.15, 0.2) is 0 Å². The SMILES string of the molecule is Cn1ccc(C(NN)c2cccc(OC(F)(F)F)c2)n1. The Morgan fingerprint density at radius 2 is 2.10 bits per heavy atom. The van der Waals surface area contributed by atoms with Crippen molar-refractivity contribution < 1.29 is 17.9 Å². The van der Waals surface area contributed by atoms with Gasteiger partial charge in [0.2, 0.25) is 0 Å². The van der Waals surface area contributed by atoms with Crippen LogP contribution in [0.25, 0.3) is 0 Å². The normalized spacial score (nSPS) is 13.2. The molecule has 0 aliphatic heterocycles. The van der Waals surface area contributed by atoms with Crippen LogP contribution in [0.15, 0.2) is 36.5 Å². The number of halogens is 3. The van der Waals surface area contributed by atoms with E-state index < -0.39 is 12.4 Å². The van der Waals surface area contributed by atoms with E-state index in [0.29, 0.717) is 11.3 Å². The first-order valence-electron chi connectivity index (χ1n) is 5.70. The Morgan fingerprint density at radius 1 is 1.35 bits per heavy atom. The van der Waals surface area contributed by atoms with Crippen LogP contribution in [0.3, 0.4) is 0 Å². The third kappa shape index (κ3) is 3.49. The van der Waals surface area contributed by atoms with E-state index in [2.05, 4.69) is 15.3 Å². The van der Waals surface area contributed by atoms with E-state index in [1.807, 2.05) is 0 Å². The van der Waals surface area contributed by atoms with Gasteiger partial charge in [0.05, 0.1) is 11.7 Å². The fourth-order valence-corrected chi connectivity index (χ4v) is 1.83. The molecule has 0 fully saturated rings. The molecule has 1 aromatic heterocycles. The van der Waals surface area contributed by atoms with Gasteiger partial charge in [-0.25, -0.2) is 5.43 Å². The van der Waals surface area contributed by atoms with Gasteiger partial charge in [0.1, 0.15) is 5.75 Å². The summed E-state index contributed by atoms with van der Waals surface area (Å²) in [6.07, 6.45) is -3.01. The molecule has 2 rings (SSSR count). The van der Waals surface area contributed by atoms with Crippen molar-refractivity contribution in [2.75, 3.05) is 0 Å². The molecule has 1 unspecified atom stereocenters. The molecule has 0 bridgehead atoms. The molecule has 0 spiro atoms. The highest BCUT2D eigenvalue weighted by Gasteiger charge is 2.31. The summed E-state index contributed by atoms with van der Waals surface area (Å²) in [5.41, 5.74) is 3.64. The number of aryl methyl sites for hydroxylation is 1. The van der Waals surface area contributed by atoms with Crippen LogP contribution >= 0.6 is 0 Å². The summed E-state index contributed by atoms with van der Waals surface area (Å²) < 4.78 is 42.1. The van der Waals surface area contributed by atoms with Gasteiger partial charge >= 0.3 is 6.36 Å². The molecule has 2 aromatic rings. The van der Waals surface area contributed by atoms with Crippen molar-refractivity contribution in [1.29, 1.82) is 0 Å². The lowest BCUT2D eigenvalue weighted by atomic mass is 10.0. The van der Waals surface area contributed by atoms with E-state index in [-0.39, 0.29) is 5.75 Å². The predicted octanol–water partition coefficient (Wildman–Crippen LogP) is 1.87. The molecule has 3 N–H and O–H groups in total. The van der Waals surface area contributed by atoms with Crippen molar-refractivity contribution in [1.82, 2.24) is 15.2 Å². The van der Waals surface area contributed by atoms with Crippen LogP contribution < -0.4 is 16.0 Å². The number of hydrazine groups is 1. The first-order chi connectivity index (χ1) is 9.39. The third-order valence-electron chi connectivity index (χ3n) is 2.62. The highest BCUT2D eigenvalue weighted by atomic mass is 19.4. The molecule has 0 aliphatic rings. The second-order valence-corrected chi connectivity index (χ2v) is 4.13. The first-order valence-corrected chi connectivity index (χ1v) is 5.70. The van der Waals surface area contributed by atoms with Crippen LogP contribution in [0.5, 0.6) is 5.75 Å². The molecule has 20 heavy (non-hydrogen) atoms. The van der Waals surface area contributed by atoms with Crippen LogP contribution in [0.4, 0.5) is 13.2 Å². The number of hydrogen-bond acceptors (Lipinski definition) is 4. The lowest BCUT2D eigenvalue weighted by molar-refractivity contribution is -0.274. The van der Waals surface area contributed by atoms with Gasteiger partial charge in [-0.05, 0) is 23.8 Å². The minimum Gasteiger partial charge on any atom is -0.406 e. The topological polar surface area (TPSA) is 65.1 Å². The summed E-state index contributed by atoms with van der Waals surface area (Å²) in [5, 5.41) is 4.17. The van der Waals surface area contributed by atoms with Crippen molar-refractivity contribution in [3.63, 3.8) is 0 Å². The van der Waals surface area contributed by atoms with Crippen LogP contribution in [0.2, 0.25) is 0 Å². The van der Waals surface area contributed by atoms with Crippen LogP contribution in [-0.4, -0.2) is 16.1 Å². The Morgan fingerprint density at radius 3 is 2.65 bits per heavy atom. The second-order valence-electron chi connectivity index (χ2n) is 4.13. The molecular weight excluding hydrogens is 273 g/mol. The van der Waals surface area contributed by atoms with Crippen molar-refractivity contribution >= 4 is 0 Å². The Kier molecular flexibility index (Phi) is 3.96. The van der Waals surface area contributed by atoms with Crippen molar-refractivity contribution in [2.24, 2.45) is 12.9 Å². The summed E-state index contributed by atoms with van der Waals surface area (Å²) in [5.74, 6) is 5.16. The molecule has 1 aromatic carbocycles. The van der Waals surface area contributed by atoms with E-state index in [4.69, 9.17) is 5.84 Å². The number of rotatable bonds is 4. The van der Waals surface area contributed by atoms with E-state index in [1.165, 1.54) is 18.2 Å². The van der Waals surface area contributed by atoms with Gasteiger partial charge in [0, 0.05) is 13.2 Å². The average molecular weight is 286 g/mol. The number of aromatic nitrogens is 2. The number of hydrogen-bond donors (Lipinski definition) is 2. The molecule has 1 heterocycles. The quantitative estimate of drug-likeness (QED) is 0.665. The van der Waals surface area contributed by atoms with E-state index >= 15 is 0 Å². The summed E-state index contributed by atoms with van der Waals surface area (Å²) in [6.45, 7) is 0. The van der Waals surface area contributed by atoms with Crippen molar-refractivity contribution in [2.45, 2.75) is 12.4 Å². The van der Waals surface area contributed by atoms with E-state index in [9.17, 15) is 13.2 Å². The first kappa shape index (κ1) is 14.4. The number of ether oxygens (including phenoxy) is 1. The molecule has 0 aliphatic carbocycles. The van der Waals surface area contributed by atoms with Crippen LogP contribution in [0.1, 0.15) is 17.3 Å². The Balaban J connectivity index is 2.29. The summed E-state index contributed by atoms with van der Waals surface area (Å²) in [7, 11) is 1.74. The molecule has 108 valence electrons. The maximum atomic E-state index is 12.2. The largest absolute Gasteiger partial charge is 0.573 e. The summed E-state index contributed by atoms with van der Waals surface area (Å²) in [6, 6.07) is 6.80. The standard InChI is InChI=1S/C12H13F3N4O/c1-19-6-5-10(18-19)11(17-16)8-3-2-4-9(7-8)20-12(13,14)15/h2-7,11,17H,16H2,1H3. The maximum absolute atomic E-state index is 12.2. The fraction of sp³-hybridized carbons (Fsp3) is 0.250. The van der Waals surface area contributed by atoms with Gasteiger partial charge in [-0.1, -0.05) is 12.1 Å². The zero-order chi connectivity index (χ0) is 14.8. The molecule has 0 saturated carbocycles. The van der Waals surface area contributed by atoms with Gasteiger partial charge in [-0.15, -0.1) is 13.2 Å². The van der Waals surface area contributed by atoms with Gasteiger partial charge in [0.25, 0.3) is 0 Å². The smallest absolute Gasteiger partial charge is 0.406 e. The molecule has 0 radical (unpaired) electrons. The molecular formula is C12H13F3N4O. The molecule has 8 heteroatoms. The monoisotopic (exact) mass is 286 g/mol. The zero-order valence-electron chi connectivity index (χ0n) is 10.6. The molecule has 1 atom stereocenters. The number of nitrogens with one attached hydrogen (secondary N) is 1. The molecule has 5 nitrogen and oxygen atoms in total. The van der Waals surface area contributed by atoms with Crippen LogP contribution in [-0.2, 0) is 7.05 Å². The minimum atomic E-state index is -4.73. The number of benzene rings is 1. The fourth-order valence-electron chi connectivity index (χ4n) is 1.83. The van der Waals surface area contributed by atoms with Gasteiger partial charge in [-0.3, -0.25) is 10.5 Å². The van der Waals surface area contributed by atoms with Crippen molar-refractivity contribution in [3.8, 4) is 5.75 Å². The lowest BCUT2D eigenvalue weighted by Crippen LogP contribution is -2.29. The third-order valence-corrected chi connectivity index (χ3v) is 2.62. The highest BCUT2D eigenvalue weighted by molar-refractivity contribution is 5.34. The van der Waals surface area contributed by atoms with E-state index in [0.717, 1.165) is 0 Å². The predicted molar refractivity (Wildman–Crippen MR) is 65.5 cm³/mol. The van der Waals surface area contributed by atoms with Crippen molar-refractivity contribution in [3.05, 3.63) is 47.8 Å². The summed E-state index contributed by atoms with van der Waals surface area (Å²) >= 11 is 0. The Hall–Kier alpha value is -2.06. The average Bonchev–Trinajstić information content (AvgIpc) is 2.75. The highest BCUT2D eigenvalue weighted by Crippen LogP contribution is 2.27. The zero-order valence-corrected chi connectivity index (χ0v) is 10.6. The van der Waals surface area contributed by atoms with Gasteiger partial charge in [-0.2, -0.15) is 5.10 Å². The maximum Gasteiger partial charge on any atom is 0.573 e. The number of alkyl halides is 3. The van der Waals surface area contributed by atoms with E-state index in [1.54, 1.807) is 30.1 Å². The molecule has 0 amide bonds. The minimum absolute atomic E-state index is 0.300. The lowest BCUT2D eigenvalue weighted by Gasteiger charge is -2.16. The van der Waals surface area contributed by atoms with Crippen LogP contribution in [0, 0.1) is 0 Å². The second kappa shape index (κ2) is 5.51. The number of nitrogens with zero attached hydrogens (tertiary/aromatic N) is 2. The Labute approximate surface area is 113 Å². The number of nitrogens with two attached hydrogens (primary N) is 1. The van der Waals surface area contributed by atoms with Gasteiger partial charge < -0.3 is 4.74 Å². The Bertz CT molecular complexity index is 582. The molecule has 0 saturated heterocycles.